The van der Waals surface area contributed by atoms with E-state index in [1.54, 1.807) is 6.07 Å². The minimum Gasteiger partial charge on any atom is -0.316 e. The maximum Gasteiger partial charge on any atom is 0.127 e. The Morgan fingerprint density at radius 1 is 1.14 bits per heavy atom. The van der Waals surface area contributed by atoms with Gasteiger partial charge in [0.2, 0.25) is 0 Å². The number of rotatable bonds is 2. The van der Waals surface area contributed by atoms with Gasteiger partial charge in [-0.05, 0) is 49.1 Å². The van der Waals surface area contributed by atoms with Crippen LogP contribution in [-0.4, -0.2) is 13.1 Å². The summed E-state index contributed by atoms with van der Waals surface area (Å²) in [7, 11) is 0. The first kappa shape index (κ1) is 14.7. The van der Waals surface area contributed by atoms with E-state index in [-0.39, 0.29) is 11.7 Å². The summed E-state index contributed by atoms with van der Waals surface area (Å²) in [6, 6.07) is 14.0. The van der Waals surface area contributed by atoms with Crippen LogP contribution in [0.15, 0.2) is 46.9 Å². The van der Waals surface area contributed by atoms with Crippen LogP contribution in [0.4, 0.5) is 4.39 Å². The lowest BCUT2D eigenvalue weighted by Gasteiger charge is -2.33. The molecule has 21 heavy (non-hydrogen) atoms. The topological polar surface area (TPSA) is 12.0 Å². The van der Waals surface area contributed by atoms with Crippen molar-refractivity contribution in [3.05, 3.63) is 69.4 Å². The summed E-state index contributed by atoms with van der Waals surface area (Å²) < 4.78 is 15.1. The molecule has 3 heteroatoms. The molecule has 0 spiro atoms. The van der Waals surface area contributed by atoms with Gasteiger partial charge in [-0.25, -0.2) is 4.39 Å². The Balaban J connectivity index is 1.98. The monoisotopic (exact) mass is 347 g/mol. The predicted octanol–water partition coefficient (Wildman–Crippen LogP) is 4.76. The van der Waals surface area contributed by atoms with Crippen molar-refractivity contribution >= 4 is 15.9 Å². The molecule has 110 valence electrons. The number of nitrogens with one attached hydrogen (secondary N) is 1. The Hall–Kier alpha value is -1.19. The molecule has 0 radical (unpaired) electrons. The van der Waals surface area contributed by atoms with Gasteiger partial charge in [0.25, 0.3) is 0 Å². The summed E-state index contributed by atoms with van der Waals surface area (Å²) in [6.07, 6.45) is 0.969. The lowest BCUT2D eigenvalue weighted by Crippen LogP contribution is -2.34. The van der Waals surface area contributed by atoms with E-state index in [1.165, 1.54) is 11.1 Å². The van der Waals surface area contributed by atoms with Crippen molar-refractivity contribution in [2.75, 3.05) is 13.1 Å². The molecule has 0 bridgehead atoms. The van der Waals surface area contributed by atoms with Gasteiger partial charge in [0, 0.05) is 16.9 Å². The molecular formula is C18H19BrFN. The van der Waals surface area contributed by atoms with E-state index < -0.39 is 0 Å². The van der Waals surface area contributed by atoms with Crippen molar-refractivity contribution in [2.24, 2.45) is 0 Å². The molecule has 0 aliphatic carbocycles. The van der Waals surface area contributed by atoms with Gasteiger partial charge in [-0.3, -0.25) is 0 Å². The summed E-state index contributed by atoms with van der Waals surface area (Å²) in [5.41, 5.74) is 3.40. The molecule has 0 amide bonds. The predicted molar refractivity (Wildman–Crippen MR) is 88.2 cm³/mol. The van der Waals surface area contributed by atoms with E-state index in [1.807, 2.05) is 12.1 Å². The molecule has 1 N–H and O–H groups in total. The summed E-state index contributed by atoms with van der Waals surface area (Å²) in [6.45, 7) is 3.96. The van der Waals surface area contributed by atoms with E-state index in [9.17, 15) is 4.39 Å². The Kier molecular flexibility index (Phi) is 4.41. The average Bonchev–Trinajstić information content (AvgIpc) is 2.47. The third-order valence-electron chi connectivity index (χ3n) is 4.31. The molecule has 0 aromatic heterocycles. The molecule has 2 atom stereocenters. The van der Waals surface area contributed by atoms with Crippen LogP contribution in [0.1, 0.15) is 34.9 Å². The zero-order valence-corrected chi connectivity index (χ0v) is 13.7. The van der Waals surface area contributed by atoms with Crippen LogP contribution in [0, 0.1) is 12.7 Å². The minimum absolute atomic E-state index is 0.103. The molecule has 2 aromatic carbocycles. The Labute approximate surface area is 133 Å². The number of aryl methyl sites for hydroxylation is 1. The maximum absolute atomic E-state index is 14.4. The summed E-state index contributed by atoms with van der Waals surface area (Å²) in [4.78, 5) is 0. The van der Waals surface area contributed by atoms with Crippen LogP contribution in [-0.2, 0) is 0 Å². The number of hydrogen-bond donors (Lipinski definition) is 1. The molecule has 2 aromatic rings. The molecule has 1 nitrogen and oxygen atoms in total. The van der Waals surface area contributed by atoms with Gasteiger partial charge in [-0.15, -0.1) is 0 Å². The Morgan fingerprint density at radius 2 is 2.00 bits per heavy atom. The largest absolute Gasteiger partial charge is 0.316 e. The molecule has 0 saturated carbocycles. The van der Waals surface area contributed by atoms with Gasteiger partial charge in [-0.1, -0.05) is 51.8 Å². The van der Waals surface area contributed by atoms with Crippen molar-refractivity contribution in [2.45, 2.75) is 25.2 Å². The highest BCUT2D eigenvalue weighted by Gasteiger charge is 2.29. The first-order valence-corrected chi connectivity index (χ1v) is 8.16. The maximum atomic E-state index is 14.4. The van der Waals surface area contributed by atoms with Crippen LogP contribution in [0.5, 0.6) is 0 Å². The fraction of sp³-hybridized carbons (Fsp3) is 0.333. The zero-order chi connectivity index (χ0) is 14.8. The SMILES string of the molecule is Cc1cccc(C2CNCCC2c2ccc(Br)cc2F)c1. The van der Waals surface area contributed by atoms with Crippen LogP contribution < -0.4 is 5.32 Å². The molecule has 3 rings (SSSR count). The third kappa shape index (κ3) is 3.19. The van der Waals surface area contributed by atoms with Crippen molar-refractivity contribution in [1.29, 1.82) is 0 Å². The second-order valence-corrected chi connectivity index (χ2v) is 6.70. The van der Waals surface area contributed by atoms with E-state index in [4.69, 9.17) is 0 Å². The molecule has 1 saturated heterocycles. The van der Waals surface area contributed by atoms with Crippen molar-refractivity contribution in [3.63, 3.8) is 0 Å². The highest BCUT2D eigenvalue weighted by atomic mass is 79.9. The molecular weight excluding hydrogens is 329 g/mol. The Bertz CT molecular complexity index is 641. The lowest BCUT2D eigenvalue weighted by atomic mass is 9.77. The highest BCUT2D eigenvalue weighted by Crippen LogP contribution is 2.39. The highest BCUT2D eigenvalue weighted by molar-refractivity contribution is 9.10. The van der Waals surface area contributed by atoms with Gasteiger partial charge >= 0.3 is 0 Å². The van der Waals surface area contributed by atoms with Crippen molar-refractivity contribution < 1.29 is 4.39 Å². The normalized spacial score (nSPS) is 22.2. The molecule has 1 heterocycles. The summed E-state index contributed by atoms with van der Waals surface area (Å²) in [5, 5.41) is 3.45. The quantitative estimate of drug-likeness (QED) is 0.825. The standard InChI is InChI=1S/C18H19BrFN/c1-12-3-2-4-13(9-12)17-11-21-8-7-15(17)16-6-5-14(19)10-18(16)20/h2-6,9-10,15,17,21H,7-8,11H2,1H3. The summed E-state index contributed by atoms with van der Waals surface area (Å²) in [5.74, 6) is 0.462. The molecule has 2 unspecified atom stereocenters. The van der Waals surface area contributed by atoms with Crippen LogP contribution in [0.3, 0.4) is 0 Å². The lowest BCUT2D eigenvalue weighted by molar-refractivity contribution is 0.393. The second kappa shape index (κ2) is 6.29. The van der Waals surface area contributed by atoms with E-state index in [0.717, 1.165) is 29.5 Å². The van der Waals surface area contributed by atoms with Crippen molar-refractivity contribution in [1.82, 2.24) is 5.32 Å². The number of hydrogen-bond acceptors (Lipinski definition) is 1. The average molecular weight is 348 g/mol. The van der Waals surface area contributed by atoms with Crippen molar-refractivity contribution in [3.8, 4) is 0 Å². The van der Waals surface area contributed by atoms with E-state index in [2.05, 4.69) is 52.4 Å². The summed E-state index contributed by atoms with van der Waals surface area (Å²) >= 11 is 3.34. The molecule has 1 fully saturated rings. The smallest absolute Gasteiger partial charge is 0.127 e. The van der Waals surface area contributed by atoms with E-state index in [0.29, 0.717) is 5.92 Å². The van der Waals surface area contributed by atoms with Crippen LogP contribution in [0.2, 0.25) is 0 Å². The van der Waals surface area contributed by atoms with Gasteiger partial charge in [0.15, 0.2) is 0 Å². The van der Waals surface area contributed by atoms with E-state index >= 15 is 0 Å². The van der Waals surface area contributed by atoms with Gasteiger partial charge in [0.05, 0.1) is 0 Å². The number of benzene rings is 2. The molecule has 1 aliphatic rings. The zero-order valence-electron chi connectivity index (χ0n) is 12.1. The number of piperidine rings is 1. The fourth-order valence-electron chi connectivity index (χ4n) is 3.28. The second-order valence-electron chi connectivity index (χ2n) is 5.79. The Morgan fingerprint density at radius 3 is 2.76 bits per heavy atom. The van der Waals surface area contributed by atoms with Gasteiger partial charge in [0.1, 0.15) is 5.82 Å². The van der Waals surface area contributed by atoms with Crippen LogP contribution >= 0.6 is 15.9 Å². The number of halogens is 2. The third-order valence-corrected chi connectivity index (χ3v) is 4.81. The molecule has 1 aliphatic heterocycles. The first-order valence-electron chi connectivity index (χ1n) is 7.37. The van der Waals surface area contributed by atoms with Gasteiger partial charge < -0.3 is 5.32 Å². The van der Waals surface area contributed by atoms with Gasteiger partial charge in [-0.2, -0.15) is 0 Å². The first-order chi connectivity index (χ1) is 10.1. The van der Waals surface area contributed by atoms with Crippen LogP contribution in [0.25, 0.3) is 0 Å². The fourth-order valence-corrected chi connectivity index (χ4v) is 3.62. The minimum atomic E-state index is -0.103.